The van der Waals surface area contributed by atoms with Gasteiger partial charge in [0.2, 0.25) is 0 Å². The lowest BCUT2D eigenvalue weighted by Gasteiger charge is -2.18. The molecule has 1 aliphatic heterocycles. The van der Waals surface area contributed by atoms with Gasteiger partial charge in [0.15, 0.2) is 0 Å². The number of hydrogen-bond donors (Lipinski definition) is 1. The molecule has 0 saturated heterocycles. The van der Waals surface area contributed by atoms with Crippen molar-refractivity contribution >= 4 is 27.4 Å². The van der Waals surface area contributed by atoms with Gasteiger partial charge in [-0.1, -0.05) is 129 Å². The van der Waals surface area contributed by atoms with Crippen molar-refractivity contribution in [1.29, 1.82) is 0 Å². The second kappa shape index (κ2) is 18.2. The fourth-order valence-electron chi connectivity index (χ4n) is 5.78. The van der Waals surface area contributed by atoms with Crippen LogP contribution in [-0.4, -0.2) is 24.6 Å². The predicted octanol–water partition coefficient (Wildman–Crippen LogP) is 9.96. The number of anilines is 1. The van der Waals surface area contributed by atoms with E-state index in [0.717, 1.165) is 25.0 Å². The number of carbonyl (C=O) groups is 1. The summed E-state index contributed by atoms with van der Waals surface area (Å²) in [7, 11) is -4.62. The van der Waals surface area contributed by atoms with Crippen molar-refractivity contribution in [3.63, 3.8) is 0 Å². The molecular weight excluding hydrogens is 560 g/mol. The molecule has 2 aromatic rings. The summed E-state index contributed by atoms with van der Waals surface area (Å²) in [6, 6.07) is 13.0. The van der Waals surface area contributed by atoms with Gasteiger partial charge in [-0.15, -0.1) is 0 Å². The third-order valence-corrected chi connectivity index (χ3v) is 9.06. The first-order valence-electron chi connectivity index (χ1n) is 16.5. The predicted molar refractivity (Wildman–Crippen MR) is 176 cm³/mol. The van der Waals surface area contributed by atoms with Crippen molar-refractivity contribution < 1.29 is 22.5 Å². The quantitative estimate of drug-likeness (QED) is 0.112. The second-order valence-electron chi connectivity index (χ2n) is 12.2. The van der Waals surface area contributed by atoms with Gasteiger partial charge >= 0.3 is 0 Å². The first-order valence-corrected chi connectivity index (χ1v) is 17.9. The molecule has 1 aliphatic rings. The number of benzene rings is 2. The van der Waals surface area contributed by atoms with Gasteiger partial charge in [-0.2, -0.15) is 13.5 Å². The Morgan fingerprint density at radius 1 is 0.814 bits per heavy atom. The van der Waals surface area contributed by atoms with Crippen LogP contribution in [0.1, 0.15) is 124 Å². The zero-order valence-electron chi connectivity index (χ0n) is 26.5. The molecule has 0 fully saturated rings. The van der Waals surface area contributed by atoms with Gasteiger partial charge in [0.1, 0.15) is 16.4 Å². The summed E-state index contributed by atoms with van der Waals surface area (Å²) in [6.07, 6.45) is 20.2. The smallest absolute Gasteiger partial charge is 0.298 e. The fraction of sp³-hybridized carbons (Fsp3) is 0.600. The van der Waals surface area contributed by atoms with Gasteiger partial charge < -0.3 is 4.74 Å². The molecule has 3 rings (SSSR count). The van der Waals surface area contributed by atoms with Crippen LogP contribution < -0.4 is 9.75 Å². The van der Waals surface area contributed by atoms with Gasteiger partial charge in [0, 0.05) is 0 Å². The monoisotopic (exact) mass is 612 g/mol. The highest BCUT2D eigenvalue weighted by atomic mass is 32.2. The van der Waals surface area contributed by atoms with Crippen LogP contribution in [-0.2, 0) is 14.9 Å². The van der Waals surface area contributed by atoms with E-state index in [1.165, 1.54) is 101 Å². The van der Waals surface area contributed by atoms with Crippen LogP contribution in [0.3, 0.4) is 0 Å². The Kier molecular flexibility index (Phi) is 14.7. The molecule has 0 radical (unpaired) electrons. The zero-order valence-corrected chi connectivity index (χ0v) is 27.3. The van der Waals surface area contributed by atoms with E-state index < -0.39 is 15.0 Å². The van der Waals surface area contributed by atoms with E-state index >= 15 is 0 Å². The van der Waals surface area contributed by atoms with Crippen LogP contribution in [0.25, 0.3) is 0 Å². The molecule has 1 amide bonds. The van der Waals surface area contributed by atoms with E-state index in [1.807, 2.05) is 19.9 Å². The number of hydrazone groups is 1. The second-order valence-corrected chi connectivity index (χ2v) is 13.6. The third kappa shape index (κ3) is 11.4. The number of unbranched alkanes of at least 4 members (excludes halogenated alkanes) is 14. The number of nitrogens with zero attached hydrogens (tertiary/aromatic N) is 2. The maximum absolute atomic E-state index is 13.4. The van der Waals surface area contributed by atoms with Gasteiger partial charge in [0.25, 0.3) is 16.0 Å². The summed E-state index contributed by atoms with van der Waals surface area (Å²) < 4.78 is 40.1. The lowest BCUT2D eigenvalue weighted by Crippen LogP contribution is -2.31. The maximum Gasteiger partial charge on any atom is 0.298 e. The Morgan fingerprint density at radius 3 is 1.86 bits per heavy atom. The summed E-state index contributed by atoms with van der Waals surface area (Å²) in [4.78, 5) is 13.0. The molecular formula is C35H52N2O5S. The van der Waals surface area contributed by atoms with Crippen LogP contribution in [0.5, 0.6) is 11.5 Å². The Labute approximate surface area is 259 Å². The van der Waals surface area contributed by atoms with Crippen LogP contribution in [0.4, 0.5) is 5.69 Å². The highest BCUT2D eigenvalue weighted by Gasteiger charge is 2.38. The van der Waals surface area contributed by atoms with Crippen LogP contribution in [0, 0.1) is 11.8 Å². The van der Waals surface area contributed by atoms with E-state index in [9.17, 15) is 17.8 Å². The Morgan fingerprint density at radius 2 is 1.35 bits per heavy atom. The van der Waals surface area contributed by atoms with Crippen LogP contribution in [0.15, 0.2) is 58.5 Å². The van der Waals surface area contributed by atoms with Gasteiger partial charge in [0.05, 0.1) is 17.3 Å². The zero-order chi connectivity index (χ0) is 31.1. The highest BCUT2D eigenvalue weighted by Crippen LogP contribution is 2.36. The summed E-state index contributed by atoms with van der Waals surface area (Å²) >= 11 is 0. The van der Waals surface area contributed by atoms with Crippen molar-refractivity contribution in [2.24, 2.45) is 16.9 Å². The van der Waals surface area contributed by atoms with E-state index in [1.54, 1.807) is 30.3 Å². The van der Waals surface area contributed by atoms with E-state index in [2.05, 4.69) is 12.0 Å². The molecule has 0 aliphatic carbocycles. The maximum atomic E-state index is 13.4. The van der Waals surface area contributed by atoms with Gasteiger partial charge in [-0.05, 0) is 49.1 Å². The Hall–Kier alpha value is -2.71. The first kappa shape index (κ1) is 34.8. The minimum Gasteiger partial charge on any atom is -0.456 e. The van der Waals surface area contributed by atoms with Crippen molar-refractivity contribution in [1.82, 2.24) is 0 Å². The van der Waals surface area contributed by atoms with Crippen molar-refractivity contribution in [3.05, 3.63) is 48.5 Å². The molecule has 238 valence electrons. The number of rotatable bonds is 21. The van der Waals surface area contributed by atoms with E-state index in [4.69, 9.17) is 4.74 Å². The summed E-state index contributed by atoms with van der Waals surface area (Å²) in [5, 5.41) is 5.95. The number of hydrogen-bond acceptors (Lipinski definition) is 5. The third-order valence-electron chi connectivity index (χ3n) is 8.19. The molecule has 43 heavy (non-hydrogen) atoms. The van der Waals surface area contributed by atoms with Crippen molar-refractivity contribution in [3.8, 4) is 11.5 Å². The van der Waals surface area contributed by atoms with E-state index in [0.29, 0.717) is 5.75 Å². The molecule has 0 unspecified atom stereocenters. The minimum absolute atomic E-state index is 0.0217. The lowest BCUT2D eigenvalue weighted by molar-refractivity contribution is -0.120. The molecule has 1 N–H and O–H groups in total. The van der Waals surface area contributed by atoms with Crippen LogP contribution in [0.2, 0.25) is 0 Å². The minimum atomic E-state index is -4.62. The van der Waals surface area contributed by atoms with Crippen LogP contribution >= 0.6 is 0 Å². The Bertz CT molecular complexity index is 1260. The number of para-hydroxylation sites is 1. The van der Waals surface area contributed by atoms with Gasteiger partial charge in [-0.3, -0.25) is 9.35 Å². The van der Waals surface area contributed by atoms with Gasteiger partial charge in [-0.25, -0.2) is 5.01 Å². The fourth-order valence-corrected chi connectivity index (χ4v) is 6.42. The highest BCUT2D eigenvalue weighted by molar-refractivity contribution is 7.86. The molecule has 1 atom stereocenters. The van der Waals surface area contributed by atoms with E-state index in [-0.39, 0.29) is 29.2 Å². The first-order chi connectivity index (χ1) is 20.7. The molecule has 7 nitrogen and oxygen atoms in total. The molecule has 0 aromatic heterocycles. The normalized spacial score (nSPS) is 15.4. The van der Waals surface area contributed by atoms with Crippen molar-refractivity contribution in [2.45, 2.75) is 128 Å². The largest absolute Gasteiger partial charge is 0.456 e. The lowest BCUT2D eigenvalue weighted by atomic mass is 9.88. The molecule has 8 heteroatoms. The number of ether oxygens (including phenoxy) is 1. The molecule has 0 spiro atoms. The Balaban J connectivity index is 1.48. The SMILES string of the molecule is CCCCCCCCCCCCCCCCCC1=NN(c2ccc(Oc3ccccc3)c(S(=O)(=O)O)c2)C(=O)[C@H]1C(C)C. The molecule has 0 saturated carbocycles. The summed E-state index contributed by atoms with van der Waals surface area (Å²) in [5.74, 6) is -0.0491. The molecule has 2 aromatic carbocycles. The topological polar surface area (TPSA) is 96.3 Å². The molecule has 1 heterocycles. The number of carbonyl (C=O) groups excluding carboxylic acids is 1. The molecule has 0 bridgehead atoms. The average Bonchev–Trinajstić information content (AvgIpc) is 3.31. The summed E-state index contributed by atoms with van der Waals surface area (Å²) in [5.41, 5.74) is 1.13. The standard InChI is InChI=1S/C35H52N2O5S/c1-4-5-6-7-8-9-10-11-12-13-14-15-16-17-21-24-31-34(28(2)3)35(38)37(36-31)29-25-26-32(33(27-29)43(39,40)41)42-30-22-19-18-20-23-30/h18-20,22-23,25-28,34H,4-17,21,24H2,1-3H3,(H,39,40,41)/t34-/m0/s1. The average molecular weight is 613 g/mol. The van der Waals surface area contributed by atoms with Crippen molar-refractivity contribution in [2.75, 3.05) is 5.01 Å². The number of amides is 1. The summed E-state index contributed by atoms with van der Waals surface area (Å²) in [6.45, 7) is 6.28.